The number of ether oxygens (including phenoxy) is 1. The van der Waals surface area contributed by atoms with Crippen LogP contribution in [-0.2, 0) is 23.0 Å². The first-order chi connectivity index (χ1) is 15.1. The molecule has 0 saturated heterocycles. The summed E-state index contributed by atoms with van der Waals surface area (Å²) in [6, 6.07) is 3.69. The molecule has 0 spiro atoms. The van der Waals surface area contributed by atoms with E-state index in [0.29, 0.717) is 18.7 Å². The van der Waals surface area contributed by atoms with Crippen LogP contribution in [0.2, 0.25) is 0 Å². The van der Waals surface area contributed by atoms with Crippen LogP contribution in [0.15, 0.2) is 12.1 Å². The molecule has 0 amide bonds. The molecule has 178 valence electrons. The molecule has 1 rings (SSSR count). The number of hydrogen-bond acceptors (Lipinski definition) is 3. The lowest BCUT2D eigenvalue weighted by Crippen LogP contribution is -2.13. The van der Waals surface area contributed by atoms with E-state index in [1.807, 2.05) is 23.7 Å². The smallest absolute Gasteiger partial charge is 0.311 e. The van der Waals surface area contributed by atoms with Crippen LogP contribution in [0.1, 0.15) is 133 Å². The second kappa shape index (κ2) is 18.0. The molecule has 0 bridgehead atoms. The highest BCUT2D eigenvalue weighted by Crippen LogP contribution is 2.16. The van der Waals surface area contributed by atoms with Crippen LogP contribution in [0.5, 0.6) is 0 Å². The number of esters is 1. The Morgan fingerprint density at radius 1 is 0.742 bits per heavy atom. The van der Waals surface area contributed by atoms with E-state index in [0.717, 1.165) is 18.5 Å². The van der Waals surface area contributed by atoms with Crippen LogP contribution >= 0.6 is 0 Å². The SMILES string of the molecule is CCCCCCCCCCCCCCCCCC(=O)c1ccc(CC(=O)OCC)n1C. The highest BCUT2D eigenvalue weighted by Gasteiger charge is 2.14. The van der Waals surface area contributed by atoms with Crippen molar-refractivity contribution in [3.05, 3.63) is 23.5 Å². The maximum Gasteiger partial charge on any atom is 0.311 e. The number of aromatic nitrogens is 1. The van der Waals surface area contributed by atoms with Gasteiger partial charge in [-0.15, -0.1) is 0 Å². The molecule has 0 N–H and O–H groups in total. The molecule has 1 aromatic rings. The monoisotopic (exact) mass is 433 g/mol. The van der Waals surface area contributed by atoms with E-state index in [-0.39, 0.29) is 18.2 Å². The van der Waals surface area contributed by atoms with Gasteiger partial charge < -0.3 is 9.30 Å². The van der Waals surface area contributed by atoms with Crippen molar-refractivity contribution in [1.82, 2.24) is 4.57 Å². The number of Topliss-reactive ketones (excluding diaryl/α,β-unsaturated/α-hetero) is 1. The second-order valence-corrected chi connectivity index (χ2v) is 8.87. The molecule has 4 nitrogen and oxygen atoms in total. The third-order valence-electron chi connectivity index (χ3n) is 6.15. The van der Waals surface area contributed by atoms with Gasteiger partial charge in [-0.3, -0.25) is 9.59 Å². The van der Waals surface area contributed by atoms with Crippen molar-refractivity contribution in [2.45, 2.75) is 123 Å². The molecule has 1 aromatic heterocycles. The van der Waals surface area contributed by atoms with Crippen molar-refractivity contribution in [1.29, 1.82) is 0 Å². The topological polar surface area (TPSA) is 48.3 Å². The van der Waals surface area contributed by atoms with E-state index in [2.05, 4.69) is 6.92 Å². The number of rotatable bonds is 20. The molecular weight excluding hydrogens is 386 g/mol. The van der Waals surface area contributed by atoms with Gasteiger partial charge in [-0.05, 0) is 25.5 Å². The summed E-state index contributed by atoms with van der Waals surface area (Å²) in [5.74, 6) is -0.0718. The van der Waals surface area contributed by atoms with Crippen molar-refractivity contribution < 1.29 is 14.3 Å². The summed E-state index contributed by atoms with van der Waals surface area (Å²) in [6.45, 7) is 4.46. The van der Waals surface area contributed by atoms with Crippen LogP contribution in [0, 0.1) is 0 Å². The molecule has 4 heteroatoms. The predicted octanol–water partition coefficient (Wildman–Crippen LogP) is 7.57. The van der Waals surface area contributed by atoms with Gasteiger partial charge in [-0.1, -0.05) is 96.8 Å². The minimum absolute atomic E-state index is 0.173. The van der Waals surface area contributed by atoms with Gasteiger partial charge in [0.05, 0.1) is 18.7 Å². The Bertz CT molecular complexity index is 606. The Morgan fingerprint density at radius 2 is 1.23 bits per heavy atom. The normalized spacial score (nSPS) is 11.1. The number of carbonyl (C=O) groups excluding carboxylic acids is 2. The Kier molecular flexibility index (Phi) is 16.0. The number of carbonyl (C=O) groups is 2. The van der Waals surface area contributed by atoms with Gasteiger partial charge >= 0.3 is 5.97 Å². The van der Waals surface area contributed by atoms with Gasteiger partial charge in [0.1, 0.15) is 0 Å². The third-order valence-corrected chi connectivity index (χ3v) is 6.15. The molecule has 1 heterocycles. The lowest BCUT2D eigenvalue weighted by molar-refractivity contribution is -0.142. The van der Waals surface area contributed by atoms with E-state index in [4.69, 9.17) is 4.74 Å². The fraction of sp³-hybridized carbons (Fsp3) is 0.778. The molecule has 0 saturated carbocycles. The van der Waals surface area contributed by atoms with Gasteiger partial charge in [0, 0.05) is 19.2 Å². The Morgan fingerprint density at radius 3 is 1.71 bits per heavy atom. The number of ketones is 1. The van der Waals surface area contributed by atoms with Gasteiger partial charge in [-0.25, -0.2) is 0 Å². The molecule has 0 atom stereocenters. The zero-order valence-corrected chi connectivity index (χ0v) is 20.6. The first kappa shape index (κ1) is 27.5. The van der Waals surface area contributed by atoms with Gasteiger partial charge in [0.25, 0.3) is 0 Å². The summed E-state index contributed by atoms with van der Waals surface area (Å²) >= 11 is 0. The Labute approximate surface area is 191 Å². The van der Waals surface area contributed by atoms with Crippen LogP contribution < -0.4 is 0 Å². The summed E-state index contributed by atoms with van der Waals surface area (Å²) < 4.78 is 6.83. The van der Waals surface area contributed by atoms with E-state index in [1.54, 1.807) is 6.92 Å². The Hall–Kier alpha value is -1.58. The zero-order valence-electron chi connectivity index (χ0n) is 20.6. The molecule has 0 aliphatic rings. The van der Waals surface area contributed by atoms with Crippen LogP contribution in [0.3, 0.4) is 0 Å². The fourth-order valence-corrected chi connectivity index (χ4v) is 4.16. The second-order valence-electron chi connectivity index (χ2n) is 8.87. The third kappa shape index (κ3) is 12.8. The molecular formula is C27H47NO3. The Balaban J connectivity index is 2.00. The lowest BCUT2D eigenvalue weighted by atomic mass is 10.0. The van der Waals surface area contributed by atoms with E-state index in [1.165, 1.54) is 83.5 Å². The van der Waals surface area contributed by atoms with Crippen molar-refractivity contribution in [2.75, 3.05) is 6.61 Å². The van der Waals surface area contributed by atoms with E-state index >= 15 is 0 Å². The highest BCUT2D eigenvalue weighted by molar-refractivity contribution is 5.94. The minimum atomic E-state index is -0.245. The average molecular weight is 434 g/mol. The molecule has 0 aromatic carbocycles. The molecule has 0 aliphatic carbocycles. The van der Waals surface area contributed by atoms with Crippen molar-refractivity contribution >= 4 is 11.8 Å². The fourth-order valence-electron chi connectivity index (χ4n) is 4.16. The van der Waals surface area contributed by atoms with Crippen LogP contribution in [-0.4, -0.2) is 22.9 Å². The van der Waals surface area contributed by atoms with Gasteiger partial charge in [0.2, 0.25) is 0 Å². The summed E-state index contributed by atoms with van der Waals surface area (Å²) in [6.07, 6.45) is 20.7. The minimum Gasteiger partial charge on any atom is -0.466 e. The van der Waals surface area contributed by atoms with Crippen LogP contribution in [0.4, 0.5) is 0 Å². The molecule has 0 unspecified atom stereocenters. The molecule has 0 radical (unpaired) electrons. The zero-order chi connectivity index (χ0) is 22.7. The summed E-state index contributed by atoms with van der Waals surface area (Å²) in [7, 11) is 1.86. The summed E-state index contributed by atoms with van der Waals surface area (Å²) in [4.78, 5) is 24.1. The molecule has 0 fully saturated rings. The number of unbranched alkanes of at least 4 members (excludes halogenated alkanes) is 14. The van der Waals surface area contributed by atoms with Gasteiger partial charge in [-0.2, -0.15) is 0 Å². The van der Waals surface area contributed by atoms with E-state index in [9.17, 15) is 9.59 Å². The largest absolute Gasteiger partial charge is 0.466 e. The van der Waals surface area contributed by atoms with Crippen molar-refractivity contribution in [3.63, 3.8) is 0 Å². The summed E-state index contributed by atoms with van der Waals surface area (Å²) in [5.41, 5.74) is 1.53. The first-order valence-electron chi connectivity index (χ1n) is 12.9. The van der Waals surface area contributed by atoms with Crippen molar-refractivity contribution in [2.24, 2.45) is 7.05 Å². The van der Waals surface area contributed by atoms with Gasteiger partial charge in [0.15, 0.2) is 5.78 Å². The number of hydrogen-bond donors (Lipinski definition) is 0. The maximum absolute atomic E-state index is 12.5. The summed E-state index contributed by atoms with van der Waals surface area (Å²) in [5, 5.41) is 0. The predicted molar refractivity (Wildman–Crippen MR) is 130 cm³/mol. The maximum atomic E-state index is 12.5. The number of nitrogens with zero attached hydrogens (tertiary/aromatic N) is 1. The average Bonchev–Trinajstić information content (AvgIpc) is 3.11. The molecule has 0 aliphatic heterocycles. The lowest BCUT2D eigenvalue weighted by Gasteiger charge is -2.07. The standard InChI is InChI=1S/C27H47NO3/c1-4-6-7-8-9-10-11-12-13-14-15-16-17-18-19-20-26(29)25-22-21-24(28(25)3)23-27(30)31-5-2/h21-22H,4-20,23H2,1-3H3. The quantitative estimate of drug-likeness (QED) is 0.121. The van der Waals surface area contributed by atoms with E-state index < -0.39 is 0 Å². The highest BCUT2D eigenvalue weighted by atomic mass is 16.5. The molecule has 31 heavy (non-hydrogen) atoms. The van der Waals surface area contributed by atoms with Crippen LogP contribution in [0.25, 0.3) is 0 Å². The first-order valence-corrected chi connectivity index (χ1v) is 12.9. The van der Waals surface area contributed by atoms with Crippen molar-refractivity contribution in [3.8, 4) is 0 Å².